The van der Waals surface area contributed by atoms with Gasteiger partial charge in [0.15, 0.2) is 0 Å². The number of hydrogen-bond acceptors (Lipinski definition) is 5. The predicted octanol–water partition coefficient (Wildman–Crippen LogP) is 4.45. The van der Waals surface area contributed by atoms with Gasteiger partial charge < -0.3 is 5.32 Å². The van der Waals surface area contributed by atoms with Crippen LogP contribution in [0.3, 0.4) is 0 Å². The van der Waals surface area contributed by atoms with Crippen LogP contribution in [0.25, 0.3) is 10.8 Å². The molecule has 33 heavy (non-hydrogen) atoms. The van der Waals surface area contributed by atoms with Crippen LogP contribution in [0, 0.1) is 0 Å². The Balaban J connectivity index is 1.36. The molecule has 1 aliphatic rings. The fourth-order valence-electron chi connectivity index (χ4n) is 4.36. The van der Waals surface area contributed by atoms with Gasteiger partial charge in [0.25, 0.3) is 0 Å². The highest BCUT2D eigenvalue weighted by atomic mass is 32.2. The zero-order chi connectivity index (χ0) is 22.6. The van der Waals surface area contributed by atoms with Gasteiger partial charge in [0.1, 0.15) is 5.03 Å². The highest BCUT2D eigenvalue weighted by Crippen LogP contribution is 2.29. The van der Waals surface area contributed by atoms with E-state index in [4.69, 9.17) is 0 Å². The van der Waals surface area contributed by atoms with Crippen LogP contribution in [-0.4, -0.2) is 26.2 Å². The number of anilines is 1. The minimum absolute atomic E-state index is 0.108. The van der Waals surface area contributed by atoms with Crippen LogP contribution in [-0.2, 0) is 24.2 Å². The maximum atomic E-state index is 12.9. The Labute approximate surface area is 196 Å². The fraction of sp³-hybridized carbons (Fsp3) is 0.231. The average molecular weight is 457 g/mol. The zero-order valence-electron chi connectivity index (χ0n) is 18.2. The normalized spacial score (nSPS) is 13.0. The highest BCUT2D eigenvalue weighted by molar-refractivity contribution is 8.00. The number of carbonyl (C=O) groups excluding carboxylic acids is 1. The molecule has 0 unspecified atom stereocenters. The third-order valence-electron chi connectivity index (χ3n) is 5.94. The summed E-state index contributed by atoms with van der Waals surface area (Å²) < 4.78 is 1.78. The molecule has 0 spiro atoms. The number of fused-ring (bicyclic) bond motifs is 2. The fourth-order valence-corrected chi connectivity index (χ4v) is 5.23. The number of aromatic nitrogens is 3. The summed E-state index contributed by atoms with van der Waals surface area (Å²) in [5, 5.41) is 5.79. The predicted molar refractivity (Wildman–Crippen MR) is 132 cm³/mol. The van der Waals surface area contributed by atoms with E-state index in [0.29, 0.717) is 11.6 Å². The van der Waals surface area contributed by atoms with Gasteiger partial charge in [-0.3, -0.25) is 14.3 Å². The van der Waals surface area contributed by atoms with Gasteiger partial charge in [-0.25, -0.2) is 4.79 Å². The highest BCUT2D eigenvalue weighted by Gasteiger charge is 2.21. The molecule has 6 nitrogen and oxygen atoms in total. The van der Waals surface area contributed by atoms with E-state index < -0.39 is 0 Å². The Kier molecular flexibility index (Phi) is 6.21. The molecule has 0 aliphatic heterocycles. The van der Waals surface area contributed by atoms with Crippen molar-refractivity contribution in [2.45, 2.75) is 37.3 Å². The van der Waals surface area contributed by atoms with Crippen LogP contribution in [0.15, 0.2) is 76.8 Å². The number of pyridine rings is 1. The van der Waals surface area contributed by atoms with E-state index in [9.17, 15) is 9.59 Å². The molecule has 0 saturated carbocycles. The summed E-state index contributed by atoms with van der Waals surface area (Å²) in [4.78, 5) is 34.1. The van der Waals surface area contributed by atoms with Gasteiger partial charge in [0.05, 0.1) is 12.3 Å². The topological polar surface area (TPSA) is 76.9 Å². The van der Waals surface area contributed by atoms with Gasteiger partial charge >= 0.3 is 5.69 Å². The van der Waals surface area contributed by atoms with Crippen molar-refractivity contribution in [1.82, 2.24) is 14.5 Å². The standard InChI is InChI=1S/C26H24N4O2S/c31-24(28-22-10-5-7-19-6-1-2-8-20(19)22)17-33-25-21-9-3-4-11-23(21)30(26(32)29-25)16-18-12-14-27-15-13-18/h1-2,5-8,10,12-15H,3-4,9,11,16-17H2,(H,28,31). The van der Waals surface area contributed by atoms with Crippen LogP contribution in [0.5, 0.6) is 0 Å². The van der Waals surface area contributed by atoms with E-state index in [1.807, 2.05) is 54.6 Å². The minimum atomic E-state index is -0.260. The number of amides is 1. The Morgan fingerprint density at radius 1 is 1.00 bits per heavy atom. The summed E-state index contributed by atoms with van der Waals surface area (Å²) in [7, 11) is 0. The second-order valence-electron chi connectivity index (χ2n) is 8.14. The van der Waals surface area contributed by atoms with Crippen molar-refractivity contribution in [2.24, 2.45) is 0 Å². The van der Waals surface area contributed by atoms with Gasteiger partial charge in [-0.2, -0.15) is 4.98 Å². The van der Waals surface area contributed by atoms with Crippen molar-refractivity contribution in [1.29, 1.82) is 0 Å². The maximum absolute atomic E-state index is 12.9. The van der Waals surface area contributed by atoms with E-state index in [1.165, 1.54) is 11.8 Å². The van der Waals surface area contributed by atoms with E-state index in [2.05, 4.69) is 15.3 Å². The molecule has 0 fully saturated rings. The Bertz CT molecular complexity index is 1360. The molecule has 0 atom stereocenters. The second-order valence-corrected chi connectivity index (χ2v) is 9.10. The van der Waals surface area contributed by atoms with Crippen molar-refractivity contribution in [2.75, 3.05) is 11.1 Å². The molecule has 2 aromatic carbocycles. The number of rotatable bonds is 6. The summed E-state index contributed by atoms with van der Waals surface area (Å²) >= 11 is 1.35. The smallest absolute Gasteiger partial charge is 0.325 e. The van der Waals surface area contributed by atoms with Crippen LogP contribution < -0.4 is 11.0 Å². The van der Waals surface area contributed by atoms with Crippen LogP contribution in [0.2, 0.25) is 0 Å². The largest absolute Gasteiger partial charge is 0.349 e. The molecular formula is C26H24N4O2S. The monoisotopic (exact) mass is 456 g/mol. The number of hydrogen-bond donors (Lipinski definition) is 1. The lowest BCUT2D eigenvalue weighted by Gasteiger charge is -2.22. The van der Waals surface area contributed by atoms with Crippen LogP contribution >= 0.6 is 11.8 Å². The van der Waals surface area contributed by atoms with Gasteiger partial charge in [0.2, 0.25) is 5.91 Å². The van der Waals surface area contributed by atoms with Gasteiger partial charge in [-0.1, -0.05) is 48.2 Å². The number of nitrogens with zero attached hydrogens (tertiary/aromatic N) is 3. The van der Waals surface area contributed by atoms with E-state index in [0.717, 1.165) is 59.0 Å². The summed E-state index contributed by atoms with van der Waals surface area (Å²) in [6.45, 7) is 0.489. The summed E-state index contributed by atoms with van der Waals surface area (Å²) in [5.74, 6) is 0.0971. The Hall–Kier alpha value is -3.45. The third-order valence-corrected chi connectivity index (χ3v) is 6.96. The lowest BCUT2D eigenvalue weighted by Crippen LogP contribution is -2.30. The molecule has 4 aromatic rings. The number of carbonyl (C=O) groups is 1. The molecule has 1 aliphatic carbocycles. The number of thioether (sulfide) groups is 1. The first kappa shape index (κ1) is 21.4. The van der Waals surface area contributed by atoms with Crippen molar-refractivity contribution in [3.63, 3.8) is 0 Å². The van der Waals surface area contributed by atoms with Crippen molar-refractivity contribution < 1.29 is 4.79 Å². The third kappa shape index (κ3) is 4.68. The van der Waals surface area contributed by atoms with E-state index >= 15 is 0 Å². The first-order valence-electron chi connectivity index (χ1n) is 11.1. The molecule has 166 valence electrons. The first-order valence-corrected chi connectivity index (χ1v) is 12.1. The van der Waals surface area contributed by atoms with E-state index in [-0.39, 0.29) is 17.3 Å². The first-order chi connectivity index (χ1) is 16.2. The molecule has 7 heteroatoms. The van der Waals surface area contributed by atoms with Crippen LogP contribution in [0.1, 0.15) is 29.7 Å². The van der Waals surface area contributed by atoms with Crippen molar-refractivity contribution in [3.05, 3.63) is 94.3 Å². The molecular weight excluding hydrogens is 432 g/mol. The lowest BCUT2D eigenvalue weighted by molar-refractivity contribution is -0.113. The second kappa shape index (κ2) is 9.58. The zero-order valence-corrected chi connectivity index (χ0v) is 19.0. The quantitative estimate of drug-likeness (QED) is 0.343. The molecule has 0 radical (unpaired) electrons. The summed E-state index contributed by atoms with van der Waals surface area (Å²) in [5.41, 5.74) is 3.72. The minimum Gasteiger partial charge on any atom is -0.325 e. The van der Waals surface area contributed by atoms with Crippen LogP contribution in [0.4, 0.5) is 5.69 Å². The summed E-state index contributed by atoms with van der Waals surface area (Å²) in [6.07, 6.45) is 7.33. The van der Waals surface area contributed by atoms with E-state index in [1.54, 1.807) is 17.0 Å². The number of nitrogens with one attached hydrogen (secondary N) is 1. The average Bonchev–Trinajstić information content (AvgIpc) is 2.85. The molecule has 1 amide bonds. The van der Waals surface area contributed by atoms with Gasteiger partial charge in [-0.15, -0.1) is 0 Å². The molecule has 5 rings (SSSR count). The molecule has 2 aromatic heterocycles. The molecule has 0 bridgehead atoms. The lowest BCUT2D eigenvalue weighted by atomic mass is 9.97. The van der Waals surface area contributed by atoms with Gasteiger partial charge in [0, 0.05) is 34.7 Å². The Morgan fingerprint density at radius 2 is 1.79 bits per heavy atom. The Morgan fingerprint density at radius 3 is 2.67 bits per heavy atom. The SMILES string of the molecule is O=C(CSc1nc(=O)n(Cc2ccncc2)c2c1CCCC2)Nc1cccc2ccccc12. The summed E-state index contributed by atoms with van der Waals surface area (Å²) in [6, 6.07) is 17.7. The van der Waals surface area contributed by atoms with Crippen molar-refractivity contribution in [3.8, 4) is 0 Å². The molecule has 1 N–H and O–H groups in total. The molecule has 2 heterocycles. The maximum Gasteiger partial charge on any atom is 0.349 e. The van der Waals surface area contributed by atoms with Crippen molar-refractivity contribution >= 4 is 34.1 Å². The number of benzene rings is 2. The molecule has 0 saturated heterocycles. The van der Waals surface area contributed by atoms with Gasteiger partial charge in [-0.05, 0) is 54.8 Å².